The highest BCUT2D eigenvalue weighted by Gasteiger charge is 2.48. The van der Waals surface area contributed by atoms with Crippen molar-refractivity contribution in [2.45, 2.75) is 19.9 Å². The Bertz CT molecular complexity index is 1320. The number of aryl methyl sites for hydroxylation is 1. The van der Waals surface area contributed by atoms with E-state index in [1.807, 2.05) is 18.2 Å². The molecule has 1 unspecified atom stereocenters. The molecular formula is C25H20ClN4O3+. The third kappa shape index (κ3) is 3.91. The number of carbonyl (C=O) groups is 2. The molecule has 0 N–H and O–H groups in total. The summed E-state index contributed by atoms with van der Waals surface area (Å²) >= 11 is 5.95. The van der Waals surface area contributed by atoms with Crippen molar-refractivity contribution in [1.82, 2.24) is 10.1 Å². The Labute approximate surface area is 195 Å². The van der Waals surface area contributed by atoms with Crippen molar-refractivity contribution < 1.29 is 18.7 Å². The van der Waals surface area contributed by atoms with Crippen LogP contribution in [0.15, 0.2) is 77.4 Å². The average Bonchev–Trinajstić information content (AvgIpc) is 3.31. The van der Waals surface area contributed by atoms with Gasteiger partial charge in [-0.15, -0.1) is 4.90 Å². The summed E-state index contributed by atoms with van der Waals surface area (Å²) < 4.78 is 6.94. The van der Waals surface area contributed by atoms with Crippen LogP contribution in [0.4, 0.5) is 10.5 Å². The molecule has 1 aliphatic heterocycles. The normalized spacial score (nSPS) is 17.6. The van der Waals surface area contributed by atoms with Crippen LogP contribution >= 0.6 is 11.6 Å². The maximum atomic E-state index is 13.5. The lowest BCUT2D eigenvalue weighted by molar-refractivity contribution is -0.449. The van der Waals surface area contributed by atoms with E-state index in [0.29, 0.717) is 22.2 Å². The van der Waals surface area contributed by atoms with E-state index in [9.17, 15) is 9.59 Å². The molecule has 0 spiro atoms. The lowest BCUT2D eigenvalue weighted by Gasteiger charge is -2.26. The molecule has 2 aliphatic rings. The Kier molecular flexibility index (Phi) is 5.48. The third-order valence-electron chi connectivity index (χ3n) is 5.69. The van der Waals surface area contributed by atoms with E-state index in [0.717, 1.165) is 17.5 Å². The minimum absolute atomic E-state index is 0.0419. The van der Waals surface area contributed by atoms with Gasteiger partial charge in [0.2, 0.25) is 5.82 Å². The second-order valence-electron chi connectivity index (χ2n) is 7.73. The molecule has 5 rings (SSSR count). The van der Waals surface area contributed by atoms with E-state index < -0.39 is 11.9 Å². The highest BCUT2D eigenvalue weighted by molar-refractivity contribution is 6.30. The maximum Gasteiger partial charge on any atom is 0.506 e. The van der Waals surface area contributed by atoms with Crippen LogP contribution in [0.2, 0.25) is 5.02 Å². The molecule has 2 heterocycles. The Hall–Kier alpha value is -3.84. The first kappa shape index (κ1) is 21.0. The van der Waals surface area contributed by atoms with Crippen LogP contribution in [0, 0.1) is 5.92 Å². The Morgan fingerprint density at radius 3 is 2.55 bits per heavy atom. The van der Waals surface area contributed by atoms with E-state index in [1.165, 1.54) is 9.48 Å². The van der Waals surface area contributed by atoms with Crippen molar-refractivity contribution in [3.8, 4) is 11.4 Å². The number of amides is 3. The molecular weight excluding hydrogens is 440 g/mol. The number of imide groups is 1. The third-order valence-corrected chi connectivity index (χ3v) is 5.94. The first-order valence-electron chi connectivity index (χ1n) is 10.6. The van der Waals surface area contributed by atoms with Crippen LogP contribution in [-0.2, 0) is 17.8 Å². The van der Waals surface area contributed by atoms with Crippen LogP contribution in [0.5, 0.6) is 0 Å². The second kappa shape index (κ2) is 8.60. The van der Waals surface area contributed by atoms with Gasteiger partial charge in [-0.3, -0.25) is 0 Å². The minimum atomic E-state index is -0.572. The van der Waals surface area contributed by atoms with Gasteiger partial charge >= 0.3 is 11.9 Å². The van der Waals surface area contributed by atoms with Gasteiger partial charge in [0.05, 0.1) is 0 Å². The summed E-state index contributed by atoms with van der Waals surface area (Å²) in [6.45, 7) is 2.09. The molecule has 0 fully saturated rings. The van der Waals surface area contributed by atoms with Crippen LogP contribution in [0.25, 0.3) is 11.4 Å². The number of carbonyl (C=O) groups excluding carboxylic acids is 2. The predicted octanol–water partition coefficient (Wildman–Crippen LogP) is 4.81. The largest absolute Gasteiger partial charge is 0.506 e. The summed E-state index contributed by atoms with van der Waals surface area (Å²) in [6, 6.07) is 14.1. The Balaban J connectivity index is 1.50. The smallest absolute Gasteiger partial charge is 0.335 e. The number of halogens is 1. The quantitative estimate of drug-likeness (QED) is 0.511. The van der Waals surface area contributed by atoms with E-state index in [4.69, 9.17) is 16.1 Å². The molecule has 1 aromatic heterocycles. The van der Waals surface area contributed by atoms with Gasteiger partial charge in [0.1, 0.15) is 17.3 Å². The van der Waals surface area contributed by atoms with Crippen LogP contribution in [-0.4, -0.2) is 32.4 Å². The van der Waals surface area contributed by atoms with Gasteiger partial charge < -0.3 is 4.52 Å². The molecule has 3 aromatic rings. The number of nitrogens with zero attached hydrogens (tertiary/aromatic N) is 4. The summed E-state index contributed by atoms with van der Waals surface area (Å²) in [5, 5.41) is 4.64. The zero-order valence-electron chi connectivity index (χ0n) is 17.8. The molecule has 0 bridgehead atoms. The lowest BCUT2D eigenvalue weighted by atomic mass is 9.94. The number of aromatic nitrogens is 2. The summed E-state index contributed by atoms with van der Waals surface area (Å²) in [7, 11) is 0. The summed E-state index contributed by atoms with van der Waals surface area (Å²) in [6.07, 6.45) is 8.04. The van der Waals surface area contributed by atoms with Crippen molar-refractivity contribution in [1.29, 1.82) is 0 Å². The first-order chi connectivity index (χ1) is 16.0. The van der Waals surface area contributed by atoms with Crippen LogP contribution in [0.1, 0.15) is 18.4 Å². The molecule has 3 amide bonds. The fraction of sp³-hybridized carbons (Fsp3) is 0.160. The number of hydrogen-bond acceptors (Lipinski definition) is 5. The number of urea groups is 1. The van der Waals surface area contributed by atoms with Crippen LogP contribution < -0.4 is 4.90 Å². The van der Waals surface area contributed by atoms with Crippen molar-refractivity contribution in [2.75, 3.05) is 4.90 Å². The van der Waals surface area contributed by atoms with Gasteiger partial charge in [0.15, 0.2) is 6.54 Å². The average molecular weight is 460 g/mol. The molecule has 0 saturated heterocycles. The van der Waals surface area contributed by atoms with Crippen molar-refractivity contribution in [3.05, 3.63) is 89.3 Å². The number of allylic oxidation sites excluding steroid dienone is 3. The summed E-state index contributed by atoms with van der Waals surface area (Å²) in [5.41, 5.74) is 2.99. The van der Waals surface area contributed by atoms with Gasteiger partial charge in [0.25, 0.3) is 5.89 Å². The lowest BCUT2D eigenvalue weighted by Crippen LogP contribution is -2.54. The number of rotatable bonds is 5. The maximum absolute atomic E-state index is 13.5. The molecule has 2 aromatic carbocycles. The van der Waals surface area contributed by atoms with E-state index in [2.05, 4.69) is 17.1 Å². The van der Waals surface area contributed by atoms with E-state index in [1.54, 1.807) is 54.6 Å². The molecule has 33 heavy (non-hydrogen) atoms. The van der Waals surface area contributed by atoms with E-state index in [-0.39, 0.29) is 18.3 Å². The van der Waals surface area contributed by atoms with Crippen LogP contribution in [0.3, 0.4) is 0 Å². The Morgan fingerprint density at radius 2 is 1.82 bits per heavy atom. The first-order valence-corrected chi connectivity index (χ1v) is 11.0. The molecule has 7 nitrogen and oxygen atoms in total. The SMILES string of the molecule is CCc1ccc(N2C(=O)C3C=CC=CC3=[N+](Cc3nc(-c4ccc(Cl)cc4)no3)C2=O)cc1. The molecule has 1 aliphatic carbocycles. The standard InChI is InChI=1S/C25H20ClN4O3/c1-2-16-7-13-19(14-8-16)30-24(31)20-5-3-4-6-21(20)29(25(30)32)15-22-27-23(28-33-22)17-9-11-18(26)12-10-17/h3-14,20H,2,15H2,1H3/q+1. The minimum Gasteiger partial charge on any atom is -0.335 e. The molecule has 1 atom stereocenters. The van der Waals surface area contributed by atoms with Gasteiger partial charge in [-0.25, -0.2) is 4.79 Å². The molecule has 0 radical (unpaired) electrons. The number of hydrogen-bond donors (Lipinski definition) is 0. The van der Waals surface area contributed by atoms with Crippen molar-refractivity contribution >= 4 is 34.9 Å². The monoisotopic (exact) mass is 459 g/mol. The predicted molar refractivity (Wildman–Crippen MR) is 124 cm³/mol. The summed E-state index contributed by atoms with van der Waals surface area (Å²) in [4.78, 5) is 32.4. The molecule has 8 heteroatoms. The fourth-order valence-electron chi connectivity index (χ4n) is 3.91. The second-order valence-corrected chi connectivity index (χ2v) is 8.16. The van der Waals surface area contributed by atoms with Gasteiger partial charge in [-0.05, 0) is 54.5 Å². The van der Waals surface area contributed by atoms with Crippen molar-refractivity contribution in [2.24, 2.45) is 5.92 Å². The highest BCUT2D eigenvalue weighted by atomic mass is 35.5. The number of benzene rings is 2. The van der Waals surface area contributed by atoms with Crippen molar-refractivity contribution in [3.63, 3.8) is 0 Å². The highest BCUT2D eigenvalue weighted by Crippen LogP contribution is 2.27. The van der Waals surface area contributed by atoms with Gasteiger partial charge in [-0.1, -0.05) is 54.0 Å². The zero-order chi connectivity index (χ0) is 22.9. The zero-order valence-corrected chi connectivity index (χ0v) is 18.6. The Morgan fingerprint density at radius 1 is 1.06 bits per heavy atom. The van der Waals surface area contributed by atoms with E-state index >= 15 is 0 Å². The summed E-state index contributed by atoms with van der Waals surface area (Å²) in [5.74, 6) is -0.200. The van der Waals surface area contributed by atoms with Gasteiger partial charge in [-0.2, -0.15) is 14.4 Å². The molecule has 0 saturated carbocycles. The topological polar surface area (TPSA) is 79.3 Å². The molecule has 164 valence electrons. The van der Waals surface area contributed by atoms with Gasteiger partial charge in [0, 0.05) is 10.6 Å². The fourth-order valence-corrected chi connectivity index (χ4v) is 4.04. The number of anilines is 1. The number of fused-ring (bicyclic) bond motifs is 1.